The van der Waals surface area contributed by atoms with Crippen LogP contribution in [0.25, 0.3) is 0 Å². The number of methoxy groups -OCH3 is 1. The number of aromatic nitrogens is 1. The molecule has 1 aliphatic heterocycles. The lowest BCUT2D eigenvalue weighted by atomic mass is 9.98. The average molecular weight is 421 g/mol. The molecule has 1 aromatic rings. The third kappa shape index (κ3) is 7.76. The lowest BCUT2D eigenvalue weighted by Gasteiger charge is -2.32. The van der Waals surface area contributed by atoms with E-state index in [1.807, 2.05) is 4.90 Å². The lowest BCUT2D eigenvalue weighted by Crippen LogP contribution is -2.47. The van der Waals surface area contributed by atoms with Crippen LogP contribution in [-0.4, -0.2) is 64.8 Å². The van der Waals surface area contributed by atoms with Crippen LogP contribution in [0.1, 0.15) is 36.7 Å². The van der Waals surface area contributed by atoms with Crippen molar-refractivity contribution in [3.05, 3.63) is 24.0 Å². The molecule has 2 heterocycles. The van der Waals surface area contributed by atoms with Crippen LogP contribution in [0.15, 0.2) is 18.3 Å². The second-order valence-corrected chi connectivity index (χ2v) is 6.78. The summed E-state index contributed by atoms with van der Waals surface area (Å²) in [6, 6.07) is 2.96. The van der Waals surface area contributed by atoms with E-state index in [0.29, 0.717) is 24.6 Å². The fourth-order valence-corrected chi connectivity index (χ4v) is 2.76. The highest BCUT2D eigenvalue weighted by Gasteiger charge is 2.38. The number of carbonyl (C=O) groups excluding carboxylic acids is 2. The zero-order chi connectivity index (χ0) is 22.2. The Morgan fingerprint density at radius 3 is 2.34 bits per heavy atom. The Morgan fingerprint density at radius 1 is 1.31 bits per heavy atom. The normalized spacial score (nSPS) is 15.9. The van der Waals surface area contributed by atoms with Crippen molar-refractivity contribution in [1.29, 1.82) is 0 Å². The van der Waals surface area contributed by atoms with E-state index in [1.165, 1.54) is 7.11 Å². The topological polar surface area (TPSA) is 115 Å². The highest BCUT2D eigenvalue weighted by Crippen LogP contribution is 2.17. The fraction of sp³-hybridized carbons (Fsp3) is 0.611. The number of nitrogens with two attached hydrogens (primary N) is 1. The number of aliphatic carboxylic acids is 1. The molecule has 0 aliphatic carbocycles. The monoisotopic (exact) mass is 421 g/mol. The predicted molar refractivity (Wildman–Crippen MR) is 97.0 cm³/mol. The molecule has 11 heteroatoms. The van der Waals surface area contributed by atoms with Gasteiger partial charge in [-0.2, -0.15) is 13.2 Å². The van der Waals surface area contributed by atoms with Gasteiger partial charge in [-0.15, -0.1) is 0 Å². The molecule has 0 aromatic carbocycles. The Balaban J connectivity index is 0.000000516. The number of rotatable bonds is 5. The number of hydrogen-bond donors (Lipinski definition) is 2. The van der Waals surface area contributed by atoms with Crippen LogP contribution in [0.3, 0.4) is 0 Å². The first-order valence-corrected chi connectivity index (χ1v) is 9.05. The van der Waals surface area contributed by atoms with Gasteiger partial charge in [0.1, 0.15) is 5.69 Å². The second kappa shape index (κ2) is 10.8. The number of hydrogen-bond acceptors (Lipinski definition) is 5. The van der Waals surface area contributed by atoms with Crippen LogP contribution in [0.4, 0.5) is 13.2 Å². The molecule has 1 unspecified atom stereocenters. The number of carboxylic acid groups (broad SMARTS) is 1. The largest absolute Gasteiger partial charge is 0.490 e. The van der Waals surface area contributed by atoms with E-state index in [2.05, 4.69) is 6.92 Å². The number of carboxylic acids is 1. The minimum atomic E-state index is -5.08. The van der Waals surface area contributed by atoms with Crippen molar-refractivity contribution in [2.45, 2.75) is 44.9 Å². The zero-order valence-electron chi connectivity index (χ0n) is 16.3. The van der Waals surface area contributed by atoms with Crippen LogP contribution in [0.5, 0.6) is 0 Å². The lowest BCUT2D eigenvalue weighted by molar-refractivity contribution is -0.192. The number of aryl methyl sites for hydroxylation is 1. The van der Waals surface area contributed by atoms with Gasteiger partial charge in [0.25, 0.3) is 0 Å². The number of piperidine rings is 1. The Morgan fingerprint density at radius 2 is 1.86 bits per heavy atom. The van der Waals surface area contributed by atoms with Crippen LogP contribution >= 0.6 is 0 Å². The standard InChI is InChI=1S/C16H25N3O3.C2HF3O2/c1-12-5-9-19(10-6-12)15(20)13(17)7-11-18-8-3-4-14(18)16(21)22-2;3-2(4,5)1(6)7/h3-4,8,12-13H,5-7,9-11,17H2,1-2H3;(H,6,7). The van der Waals surface area contributed by atoms with Crippen LogP contribution < -0.4 is 5.73 Å². The van der Waals surface area contributed by atoms with Gasteiger partial charge in [0.15, 0.2) is 0 Å². The molecule has 0 spiro atoms. The van der Waals surface area contributed by atoms with Crippen molar-refractivity contribution >= 4 is 17.8 Å². The molecule has 164 valence electrons. The van der Waals surface area contributed by atoms with E-state index in [-0.39, 0.29) is 11.9 Å². The number of alkyl halides is 3. The molecule has 0 saturated carbocycles. The Labute approximate surface area is 166 Å². The van der Waals surface area contributed by atoms with Gasteiger partial charge < -0.3 is 25.0 Å². The molecule has 1 fully saturated rings. The number of carbonyl (C=O) groups is 3. The van der Waals surface area contributed by atoms with Crippen molar-refractivity contribution in [3.63, 3.8) is 0 Å². The maximum absolute atomic E-state index is 12.3. The zero-order valence-corrected chi connectivity index (χ0v) is 16.3. The molecule has 1 aliphatic rings. The summed E-state index contributed by atoms with van der Waals surface area (Å²) in [5.74, 6) is -2.44. The number of esters is 1. The Bertz CT molecular complexity index is 697. The Hall–Kier alpha value is -2.56. The summed E-state index contributed by atoms with van der Waals surface area (Å²) in [5, 5.41) is 7.12. The molecule has 3 N–H and O–H groups in total. The SMILES string of the molecule is COC(=O)c1cccn1CCC(N)C(=O)N1CCC(C)CC1.O=C(O)C(F)(F)F. The van der Waals surface area contributed by atoms with Gasteiger partial charge in [0.2, 0.25) is 5.91 Å². The van der Waals surface area contributed by atoms with Crippen molar-refractivity contribution in [2.75, 3.05) is 20.2 Å². The van der Waals surface area contributed by atoms with E-state index in [9.17, 15) is 22.8 Å². The minimum Gasteiger partial charge on any atom is -0.475 e. The molecule has 1 aromatic heterocycles. The van der Waals surface area contributed by atoms with E-state index in [1.54, 1.807) is 22.9 Å². The molecule has 0 radical (unpaired) electrons. The summed E-state index contributed by atoms with van der Waals surface area (Å²) in [4.78, 5) is 34.7. The number of nitrogens with zero attached hydrogens (tertiary/aromatic N) is 2. The van der Waals surface area contributed by atoms with Gasteiger partial charge in [0.05, 0.1) is 13.2 Å². The third-order valence-electron chi connectivity index (χ3n) is 4.56. The first-order valence-electron chi connectivity index (χ1n) is 9.05. The summed E-state index contributed by atoms with van der Waals surface area (Å²) >= 11 is 0. The van der Waals surface area contributed by atoms with Crippen molar-refractivity contribution in [2.24, 2.45) is 11.7 Å². The second-order valence-electron chi connectivity index (χ2n) is 6.78. The van der Waals surface area contributed by atoms with Gasteiger partial charge in [0, 0.05) is 25.8 Å². The first-order chi connectivity index (χ1) is 13.5. The quantitative estimate of drug-likeness (QED) is 0.702. The predicted octanol–water partition coefficient (Wildman–Crippen LogP) is 1.88. The minimum absolute atomic E-state index is 0.0127. The molecule has 1 atom stereocenters. The summed E-state index contributed by atoms with van der Waals surface area (Å²) in [6.45, 7) is 4.33. The van der Waals surface area contributed by atoms with Crippen LogP contribution in [-0.2, 0) is 20.9 Å². The fourth-order valence-electron chi connectivity index (χ4n) is 2.76. The number of amides is 1. The van der Waals surface area contributed by atoms with Crippen LogP contribution in [0, 0.1) is 5.92 Å². The maximum atomic E-state index is 12.3. The van der Waals surface area contributed by atoms with E-state index < -0.39 is 18.2 Å². The van der Waals surface area contributed by atoms with Gasteiger partial charge in [-0.1, -0.05) is 6.92 Å². The van der Waals surface area contributed by atoms with E-state index in [0.717, 1.165) is 25.9 Å². The maximum Gasteiger partial charge on any atom is 0.490 e. The van der Waals surface area contributed by atoms with Crippen molar-refractivity contribution in [3.8, 4) is 0 Å². The van der Waals surface area contributed by atoms with Gasteiger partial charge in [-0.25, -0.2) is 9.59 Å². The molecule has 2 rings (SSSR count). The van der Waals surface area contributed by atoms with Crippen molar-refractivity contribution in [1.82, 2.24) is 9.47 Å². The first kappa shape index (κ1) is 24.5. The molecular formula is C18H26F3N3O5. The summed E-state index contributed by atoms with van der Waals surface area (Å²) in [6.07, 6.45) is -0.694. The molecule has 29 heavy (non-hydrogen) atoms. The average Bonchev–Trinajstić information content (AvgIpc) is 3.13. The summed E-state index contributed by atoms with van der Waals surface area (Å²) in [5.41, 5.74) is 6.52. The molecule has 0 bridgehead atoms. The van der Waals surface area contributed by atoms with Gasteiger partial charge in [-0.3, -0.25) is 4.79 Å². The number of halogens is 3. The molecule has 8 nitrogen and oxygen atoms in total. The van der Waals surface area contributed by atoms with Gasteiger partial charge in [-0.05, 0) is 37.3 Å². The highest BCUT2D eigenvalue weighted by atomic mass is 19.4. The Kier molecular flexibility index (Phi) is 9.15. The van der Waals surface area contributed by atoms with E-state index in [4.69, 9.17) is 20.4 Å². The van der Waals surface area contributed by atoms with E-state index >= 15 is 0 Å². The van der Waals surface area contributed by atoms with Gasteiger partial charge >= 0.3 is 18.1 Å². The molecule has 1 amide bonds. The summed E-state index contributed by atoms with van der Waals surface area (Å²) < 4.78 is 38.2. The molecule has 1 saturated heterocycles. The highest BCUT2D eigenvalue weighted by molar-refractivity contribution is 5.87. The third-order valence-corrected chi connectivity index (χ3v) is 4.56. The smallest absolute Gasteiger partial charge is 0.475 e. The molecular weight excluding hydrogens is 395 g/mol. The number of ether oxygens (including phenoxy) is 1. The van der Waals surface area contributed by atoms with Crippen molar-refractivity contribution < 1.29 is 37.4 Å². The van der Waals surface area contributed by atoms with Crippen LogP contribution in [0.2, 0.25) is 0 Å². The summed E-state index contributed by atoms with van der Waals surface area (Å²) in [7, 11) is 1.35. The number of likely N-dealkylation sites (tertiary alicyclic amines) is 1.